The number of nitrogens with zero attached hydrogens (tertiary/aromatic N) is 3. The van der Waals surface area contributed by atoms with Crippen LogP contribution >= 0.6 is 0 Å². The number of methoxy groups -OCH3 is 1. The van der Waals surface area contributed by atoms with Gasteiger partial charge in [-0.2, -0.15) is 0 Å². The second kappa shape index (κ2) is 11.0. The molecule has 0 radical (unpaired) electrons. The van der Waals surface area contributed by atoms with Crippen molar-refractivity contribution in [2.75, 3.05) is 43.7 Å². The summed E-state index contributed by atoms with van der Waals surface area (Å²) >= 11 is 0. The third-order valence-corrected chi connectivity index (χ3v) is 6.37. The SMILES string of the molecule is COCCCS(=O)(=O)c1ccc(C(=NO[C@@H]2CCOC2)C(=O)Nc2cnc(N)cn2)cc1. The van der Waals surface area contributed by atoms with Gasteiger partial charge in [0, 0.05) is 25.7 Å². The largest absolute Gasteiger partial charge is 0.389 e. The van der Waals surface area contributed by atoms with Crippen molar-refractivity contribution in [3.8, 4) is 0 Å². The van der Waals surface area contributed by atoms with E-state index in [0.717, 1.165) is 0 Å². The molecule has 1 fully saturated rings. The summed E-state index contributed by atoms with van der Waals surface area (Å²) in [6.45, 7) is 1.28. The van der Waals surface area contributed by atoms with Crippen LogP contribution in [0.3, 0.4) is 0 Å². The minimum atomic E-state index is -3.47. The third kappa shape index (κ3) is 6.45. The Balaban J connectivity index is 1.81. The van der Waals surface area contributed by atoms with Gasteiger partial charge in [-0.15, -0.1) is 0 Å². The molecule has 2 aromatic rings. The number of benzene rings is 1. The number of hydrogen-bond donors (Lipinski definition) is 2. The minimum Gasteiger partial charge on any atom is -0.389 e. The first-order valence-corrected chi connectivity index (χ1v) is 11.6. The molecule has 1 atom stereocenters. The molecule has 0 spiro atoms. The van der Waals surface area contributed by atoms with E-state index in [2.05, 4.69) is 20.4 Å². The third-order valence-electron chi connectivity index (χ3n) is 4.56. The fraction of sp³-hybridized carbons (Fsp3) is 0.400. The van der Waals surface area contributed by atoms with Crippen molar-refractivity contribution in [2.24, 2.45) is 5.16 Å². The fourth-order valence-corrected chi connectivity index (χ4v) is 4.14. The van der Waals surface area contributed by atoms with Crippen LogP contribution < -0.4 is 11.1 Å². The van der Waals surface area contributed by atoms with Gasteiger partial charge in [-0.25, -0.2) is 18.4 Å². The molecule has 3 rings (SSSR count). The molecule has 32 heavy (non-hydrogen) atoms. The van der Waals surface area contributed by atoms with Crippen LogP contribution in [0.25, 0.3) is 0 Å². The zero-order valence-electron chi connectivity index (χ0n) is 17.6. The molecule has 11 nitrogen and oxygen atoms in total. The second-order valence-corrected chi connectivity index (χ2v) is 9.11. The summed E-state index contributed by atoms with van der Waals surface area (Å²) in [7, 11) is -1.95. The maximum atomic E-state index is 12.9. The van der Waals surface area contributed by atoms with E-state index in [9.17, 15) is 13.2 Å². The molecule has 1 saturated heterocycles. The topological polar surface area (TPSA) is 155 Å². The van der Waals surface area contributed by atoms with Gasteiger partial charge in [-0.05, 0) is 18.6 Å². The summed E-state index contributed by atoms with van der Waals surface area (Å²) in [5.74, 6) is -0.247. The Labute approximate surface area is 185 Å². The van der Waals surface area contributed by atoms with Crippen LogP contribution in [-0.4, -0.2) is 68.8 Å². The van der Waals surface area contributed by atoms with E-state index in [-0.39, 0.29) is 34.1 Å². The zero-order chi connectivity index (χ0) is 23.0. The number of nitrogen functional groups attached to an aromatic ring is 1. The van der Waals surface area contributed by atoms with E-state index < -0.39 is 15.7 Å². The molecule has 2 heterocycles. The summed E-state index contributed by atoms with van der Waals surface area (Å²) in [5.41, 5.74) is 5.85. The van der Waals surface area contributed by atoms with Crippen molar-refractivity contribution in [3.05, 3.63) is 42.2 Å². The molecule has 3 N–H and O–H groups in total. The van der Waals surface area contributed by atoms with Gasteiger partial charge in [0.25, 0.3) is 5.91 Å². The maximum Gasteiger partial charge on any atom is 0.279 e. The van der Waals surface area contributed by atoms with Crippen LogP contribution in [-0.2, 0) is 28.9 Å². The quantitative estimate of drug-likeness (QED) is 0.298. The second-order valence-electron chi connectivity index (χ2n) is 7.00. The zero-order valence-corrected chi connectivity index (χ0v) is 18.4. The summed E-state index contributed by atoms with van der Waals surface area (Å²) in [6, 6.07) is 5.87. The summed E-state index contributed by atoms with van der Waals surface area (Å²) in [6.07, 6.45) is 3.39. The first kappa shape index (κ1) is 23.6. The monoisotopic (exact) mass is 463 g/mol. The highest BCUT2D eigenvalue weighted by Crippen LogP contribution is 2.16. The van der Waals surface area contributed by atoms with Crippen LogP contribution in [0.2, 0.25) is 0 Å². The molecular formula is C20H25N5O6S. The first-order chi connectivity index (χ1) is 15.4. The molecule has 0 saturated carbocycles. The smallest absolute Gasteiger partial charge is 0.279 e. The van der Waals surface area contributed by atoms with Crippen molar-refractivity contribution >= 4 is 33.1 Å². The van der Waals surface area contributed by atoms with E-state index in [1.165, 1.54) is 43.8 Å². The number of carbonyl (C=O) groups is 1. The number of rotatable bonds is 10. The summed E-state index contributed by atoms with van der Waals surface area (Å²) in [5, 5.41) is 6.61. The predicted molar refractivity (Wildman–Crippen MR) is 117 cm³/mol. The molecule has 172 valence electrons. The van der Waals surface area contributed by atoms with Gasteiger partial charge in [0.15, 0.2) is 27.5 Å². The number of amides is 1. The van der Waals surface area contributed by atoms with Crippen molar-refractivity contribution in [2.45, 2.75) is 23.8 Å². The minimum absolute atomic E-state index is 0.0395. The molecule has 1 aliphatic rings. The average Bonchev–Trinajstić information content (AvgIpc) is 3.30. The number of carbonyl (C=O) groups excluding carboxylic acids is 1. The van der Waals surface area contributed by atoms with Gasteiger partial charge in [0.05, 0.1) is 36.3 Å². The first-order valence-electron chi connectivity index (χ1n) is 9.91. The van der Waals surface area contributed by atoms with Crippen molar-refractivity contribution < 1.29 is 27.5 Å². The standard InChI is InChI=1S/C20H25N5O6S/c1-29-8-2-10-32(27,28)16-5-3-14(4-6-16)19(25-31-15-7-9-30-13-15)20(26)24-18-12-22-17(21)11-23-18/h3-6,11-12,15H,2,7-10,13H2,1H3,(H2,21,22)(H,23,24,26)/t15-/m1/s1. The van der Waals surface area contributed by atoms with Gasteiger partial charge >= 0.3 is 0 Å². The Morgan fingerprint density at radius 2 is 2.06 bits per heavy atom. The van der Waals surface area contributed by atoms with Gasteiger partial charge in [0.2, 0.25) is 0 Å². The summed E-state index contributed by atoms with van der Waals surface area (Å²) < 4.78 is 35.1. The van der Waals surface area contributed by atoms with Crippen LogP contribution in [0.1, 0.15) is 18.4 Å². The fourth-order valence-electron chi connectivity index (χ4n) is 2.86. The highest BCUT2D eigenvalue weighted by Gasteiger charge is 2.22. The Morgan fingerprint density at radius 3 is 2.69 bits per heavy atom. The molecule has 1 amide bonds. The number of nitrogens with two attached hydrogens (primary N) is 1. The number of anilines is 2. The number of sulfone groups is 1. The van der Waals surface area contributed by atoms with Crippen LogP contribution in [0.15, 0.2) is 46.7 Å². The lowest BCUT2D eigenvalue weighted by Crippen LogP contribution is -2.26. The van der Waals surface area contributed by atoms with Gasteiger partial charge in [-0.3, -0.25) is 4.79 Å². The van der Waals surface area contributed by atoms with Crippen molar-refractivity contribution in [1.29, 1.82) is 0 Å². The Bertz CT molecular complexity index is 1040. The molecule has 12 heteroatoms. The average molecular weight is 464 g/mol. The van der Waals surface area contributed by atoms with Crippen LogP contribution in [0, 0.1) is 0 Å². The lowest BCUT2D eigenvalue weighted by Gasteiger charge is -2.11. The van der Waals surface area contributed by atoms with E-state index in [4.69, 9.17) is 20.0 Å². The van der Waals surface area contributed by atoms with Crippen molar-refractivity contribution in [3.63, 3.8) is 0 Å². The van der Waals surface area contributed by atoms with Crippen LogP contribution in [0.5, 0.6) is 0 Å². The van der Waals surface area contributed by atoms with E-state index in [0.29, 0.717) is 38.2 Å². The van der Waals surface area contributed by atoms with E-state index in [1.54, 1.807) is 0 Å². The number of nitrogens with one attached hydrogen (secondary N) is 1. The predicted octanol–water partition coefficient (Wildman–Crippen LogP) is 1.02. The molecular weight excluding hydrogens is 438 g/mol. The van der Waals surface area contributed by atoms with Gasteiger partial charge in [-0.1, -0.05) is 17.3 Å². The Hall–Kier alpha value is -3.09. The van der Waals surface area contributed by atoms with Gasteiger partial charge < -0.3 is 25.4 Å². The van der Waals surface area contributed by atoms with Gasteiger partial charge in [0.1, 0.15) is 5.82 Å². The molecule has 1 aromatic heterocycles. The molecule has 0 aliphatic carbocycles. The highest BCUT2D eigenvalue weighted by molar-refractivity contribution is 7.91. The number of ether oxygens (including phenoxy) is 2. The maximum absolute atomic E-state index is 12.9. The Kier molecular flexibility index (Phi) is 8.09. The molecule has 1 aliphatic heterocycles. The van der Waals surface area contributed by atoms with Crippen molar-refractivity contribution in [1.82, 2.24) is 9.97 Å². The van der Waals surface area contributed by atoms with E-state index >= 15 is 0 Å². The molecule has 1 aromatic carbocycles. The number of aromatic nitrogens is 2. The number of oxime groups is 1. The van der Waals surface area contributed by atoms with Crippen LogP contribution in [0.4, 0.5) is 11.6 Å². The molecule has 0 unspecified atom stereocenters. The lowest BCUT2D eigenvalue weighted by molar-refractivity contribution is -0.110. The normalized spacial score (nSPS) is 16.7. The lowest BCUT2D eigenvalue weighted by atomic mass is 10.1. The number of hydrogen-bond acceptors (Lipinski definition) is 10. The van der Waals surface area contributed by atoms with E-state index in [1.807, 2.05) is 0 Å². The highest BCUT2D eigenvalue weighted by atomic mass is 32.2. The molecule has 0 bridgehead atoms. The summed E-state index contributed by atoms with van der Waals surface area (Å²) in [4.78, 5) is 26.4. The Morgan fingerprint density at radius 1 is 1.28 bits per heavy atom.